The predicted octanol–water partition coefficient (Wildman–Crippen LogP) is 5.06. The Labute approximate surface area is 163 Å². The number of amides is 2. The molecule has 0 aliphatic rings. The summed E-state index contributed by atoms with van der Waals surface area (Å²) in [6.07, 6.45) is 0. The first kappa shape index (κ1) is 18.6. The molecule has 0 saturated carbocycles. The second kappa shape index (κ2) is 7.61. The highest BCUT2D eigenvalue weighted by Crippen LogP contribution is 2.30. The molecule has 0 saturated heterocycles. The molecule has 3 aromatic rings. The number of nitrogens with zero attached hydrogens (tertiary/aromatic N) is 1. The largest absolute Gasteiger partial charge is 0.332 e. The van der Waals surface area contributed by atoms with Crippen molar-refractivity contribution in [1.82, 2.24) is 4.90 Å². The number of anilines is 1. The summed E-state index contributed by atoms with van der Waals surface area (Å²) in [4.78, 5) is 26.3. The highest BCUT2D eigenvalue weighted by molar-refractivity contribution is 7.20. The van der Waals surface area contributed by atoms with Crippen LogP contribution >= 0.6 is 34.5 Å². The third-order valence-corrected chi connectivity index (χ3v) is 5.39. The zero-order valence-electron chi connectivity index (χ0n) is 13.6. The topological polar surface area (TPSA) is 49.4 Å². The minimum Gasteiger partial charge on any atom is -0.332 e. The summed E-state index contributed by atoms with van der Waals surface area (Å²) >= 11 is 13.2. The molecule has 134 valence electrons. The van der Waals surface area contributed by atoms with Crippen LogP contribution in [0.4, 0.5) is 10.1 Å². The normalized spacial score (nSPS) is 10.8. The van der Waals surface area contributed by atoms with Gasteiger partial charge in [-0.05, 0) is 30.3 Å². The number of rotatable bonds is 4. The van der Waals surface area contributed by atoms with Gasteiger partial charge in [-0.15, -0.1) is 11.3 Å². The zero-order valence-corrected chi connectivity index (χ0v) is 15.9. The molecule has 0 aliphatic carbocycles. The number of hydrogen-bond donors (Lipinski definition) is 1. The predicted molar refractivity (Wildman–Crippen MR) is 104 cm³/mol. The summed E-state index contributed by atoms with van der Waals surface area (Å²) in [6, 6.07) is 11.0. The van der Waals surface area contributed by atoms with E-state index in [9.17, 15) is 14.0 Å². The number of carbonyl (C=O) groups excluding carboxylic acids is 2. The molecule has 0 unspecified atom stereocenters. The van der Waals surface area contributed by atoms with E-state index in [1.807, 2.05) is 0 Å². The number of carbonyl (C=O) groups is 2. The Bertz CT molecular complexity index is 986. The van der Waals surface area contributed by atoms with Crippen LogP contribution in [0.25, 0.3) is 10.1 Å². The molecule has 2 aromatic carbocycles. The van der Waals surface area contributed by atoms with E-state index in [2.05, 4.69) is 5.32 Å². The SMILES string of the molecule is CN(CC(=O)Nc1c(Cl)cccc1Cl)C(=O)c1cc2c(F)cccc2s1. The van der Waals surface area contributed by atoms with Crippen molar-refractivity contribution >= 4 is 62.1 Å². The van der Waals surface area contributed by atoms with Gasteiger partial charge < -0.3 is 10.2 Å². The third kappa shape index (κ3) is 3.82. The van der Waals surface area contributed by atoms with E-state index in [0.717, 1.165) is 0 Å². The van der Waals surface area contributed by atoms with Gasteiger partial charge in [0.15, 0.2) is 0 Å². The first-order chi connectivity index (χ1) is 12.4. The summed E-state index contributed by atoms with van der Waals surface area (Å²) < 4.78 is 14.5. The van der Waals surface area contributed by atoms with Crippen LogP contribution in [0.5, 0.6) is 0 Å². The lowest BCUT2D eigenvalue weighted by Gasteiger charge is -2.16. The number of halogens is 3. The van der Waals surface area contributed by atoms with Crippen LogP contribution in [0.2, 0.25) is 10.0 Å². The highest BCUT2D eigenvalue weighted by atomic mass is 35.5. The van der Waals surface area contributed by atoms with Gasteiger partial charge in [0.2, 0.25) is 5.91 Å². The summed E-state index contributed by atoms with van der Waals surface area (Å²) in [5, 5.41) is 3.60. The Morgan fingerprint density at radius 2 is 1.81 bits per heavy atom. The van der Waals surface area contributed by atoms with Crippen molar-refractivity contribution in [3.63, 3.8) is 0 Å². The lowest BCUT2D eigenvalue weighted by molar-refractivity contribution is -0.116. The van der Waals surface area contributed by atoms with Gasteiger partial charge in [0.1, 0.15) is 5.82 Å². The van der Waals surface area contributed by atoms with Crippen LogP contribution in [0, 0.1) is 5.82 Å². The molecule has 0 aliphatic heterocycles. The molecule has 3 rings (SSSR count). The van der Waals surface area contributed by atoms with Gasteiger partial charge in [-0.3, -0.25) is 9.59 Å². The Kier molecular flexibility index (Phi) is 5.46. The average molecular weight is 411 g/mol. The Balaban J connectivity index is 1.72. The number of benzene rings is 2. The fraction of sp³-hybridized carbons (Fsp3) is 0.111. The van der Waals surface area contributed by atoms with Crippen LogP contribution < -0.4 is 5.32 Å². The fourth-order valence-electron chi connectivity index (χ4n) is 2.40. The Hall–Kier alpha value is -2.15. The molecule has 2 amide bonds. The molecule has 1 N–H and O–H groups in total. The van der Waals surface area contributed by atoms with E-state index in [4.69, 9.17) is 23.2 Å². The van der Waals surface area contributed by atoms with Gasteiger partial charge in [0.05, 0.1) is 27.2 Å². The van der Waals surface area contributed by atoms with Crippen molar-refractivity contribution in [3.05, 3.63) is 63.2 Å². The Morgan fingerprint density at radius 3 is 2.46 bits per heavy atom. The first-order valence-electron chi connectivity index (χ1n) is 7.54. The molecule has 0 radical (unpaired) electrons. The molecular weight excluding hydrogens is 398 g/mol. The minimum absolute atomic E-state index is 0.197. The number of likely N-dealkylation sites (N-methyl/N-ethyl adjacent to an activating group) is 1. The van der Waals surface area contributed by atoms with E-state index in [1.165, 1.54) is 35.4 Å². The summed E-state index contributed by atoms with van der Waals surface area (Å²) in [7, 11) is 1.50. The molecule has 0 spiro atoms. The molecule has 4 nitrogen and oxygen atoms in total. The number of thiophene rings is 1. The van der Waals surface area contributed by atoms with Gasteiger partial charge in [-0.25, -0.2) is 4.39 Å². The van der Waals surface area contributed by atoms with Crippen molar-refractivity contribution < 1.29 is 14.0 Å². The van der Waals surface area contributed by atoms with Crippen molar-refractivity contribution in [2.45, 2.75) is 0 Å². The maximum atomic E-state index is 13.8. The van der Waals surface area contributed by atoms with Crippen molar-refractivity contribution in [2.24, 2.45) is 0 Å². The summed E-state index contributed by atoms with van der Waals surface area (Å²) in [5.41, 5.74) is 0.297. The van der Waals surface area contributed by atoms with Crippen LogP contribution in [0.15, 0.2) is 42.5 Å². The molecule has 0 fully saturated rings. The maximum Gasteiger partial charge on any atom is 0.264 e. The van der Waals surface area contributed by atoms with Gasteiger partial charge in [-0.1, -0.05) is 35.3 Å². The van der Waals surface area contributed by atoms with E-state index in [1.54, 1.807) is 30.3 Å². The van der Waals surface area contributed by atoms with Gasteiger partial charge >= 0.3 is 0 Å². The van der Waals surface area contributed by atoms with E-state index in [-0.39, 0.29) is 18.3 Å². The van der Waals surface area contributed by atoms with E-state index in [0.29, 0.717) is 30.7 Å². The Morgan fingerprint density at radius 1 is 1.15 bits per heavy atom. The highest BCUT2D eigenvalue weighted by Gasteiger charge is 2.19. The molecule has 26 heavy (non-hydrogen) atoms. The quantitative estimate of drug-likeness (QED) is 0.653. The monoisotopic (exact) mass is 410 g/mol. The van der Waals surface area contributed by atoms with Crippen LogP contribution in [0.3, 0.4) is 0 Å². The van der Waals surface area contributed by atoms with E-state index < -0.39 is 5.91 Å². The molecule has 1 heterocycles. The molecular formula is C18H13Cl2FN2O2S. The second-order valence-electron chi connectivity index (χ2n) is 5.57. The number of hydrogen-bond acceptors (Lipinski definition) is 3. The van der Waals surface area contributed by atoms with Gasteiger partial charge in [0, 0.05) is 17.1 Å². The fourth-order valence-corrected chi connectivity index (χ4v) is 3.96. The third-order valence-electron chi connectivity index (χ3n) is 3.67. The number of para-hydroxylation sites is 1. The molecule has 8 heteroatoms. The standard InChI is InChI=1S/C18H13Cl2FN2O2S/c1-23(9-16(24)22-17-11(19)4-2-5-12(17)20)18(25)15-8-10-13(21)6-3-7-14(10)26-15/h2-8H,9H2,1H3,(H,22,24). The summed E-state index contributed by atoms with van der Waals surface area (Å²) in [6.45, 7) is -0.197. The van der Waals surface area contributed by atoms with Crippen LogP contribution in [0.1, 0.15) is 9.67 Å². The second-order valence-corrected chi connectivity index (χ2v) is 7.47. The van der Waals surface area contributed by atoms with E-state index >= 15 is 0 Å². The minimum atomic E-state index is -0.442. The first-order valence-corrected chi connectivity index (χ1v) is 9.11. The van der Waals surface area contributed by atoms with Gasteiger partial charge in [0.25, 0.3) is 5.91 Å². The van der Waals surface area contributed by atoms with Crippen molar-refractivity contribution in [1.29, 1.82) is 0 Å². The van der Waals surface area contributed by atoms with Crippen LogP contribution in [-0.2, 0) is 4.79 Å². The summed E-state index contributed by atoms with van der Waals surface area (Å²) in [5.74, 6) is -1.19. The molecule has 0 bridgehead atoms. The number of nitrogens with one attached hydrogen (secondary N) is 1. The van der Waals surface area contributed by atoms with Crippen molar-refractivity contribution in [3.8, 4) is 0 Å². The van der Waals surface area contributed by atoms with Crippen LogP contribution in [-0.4, -0.2) is 30.3 Å². The van der Waals surface area contributed by atoms with Gasteiger partial charge in [-0.2, -0.15) is 0 Å². The number of fused-ring (bicyclic) bond motifs is 1. The molecule has 0 atom stereocenters. The zero-order chi connectivity index (χ0) is 18.8. The van der Waals surface area contributed by atoms with Crippen molar-refractivity contribution in [2.75, 3.05) is 18.9 Å². The lowest BCUT2D eigenvalue weighted by Crippen LogP contribution is -2.34. The maximum absolute atomic E-state index is 13.8. The smallest absolute Gasteiger partial charge is 0.264 e. The lowest BCUT2D eigenvalue weighted by atomic mass is 10.2. The average Bonchev–Trinajstić information content (AvgIpc) is 3.03. The molecule has 1 aromatic heterocycles.